The van der Waals surface area contributed by atoms with Gasteiger partial charge in [-0.25, -0.2) is 0 Å². The van der Waals surface area contributed by atoms with E-state index in [1.54, 1.807) is 0 Å². The van der Waals surface area contributed by atoms with Crippen molar-refractivity contribution in [1.29, 1.82) is 0 Å². The average Bonchev–Trinajstić information content (AvgIpc) is 2.68. The number of unbranched alkanes of at least 4 members (excludes halogenated alkanes) is 7. The minimum Gasteiger partial charge on any atom is -0.326 e. The maximum atomic E-state index is 12.1. The average molecular weight is 272 g/mol. The summed E-state index contributed by atoms with van der Waals surface area (Å²) in [6, 6.07) is 0. The van der Waals surface area contributed by atoms with Crippen LogP contribution in [0.5, 0.6) is 0 Å². The van der Waals surface area contributed by atoms with E-state index >= 15 is 0 Å². The van der Waals surface area contributed by atoms with Crippen molar-refractivity contribution < 1.29 is 9.09 Å². The zero-order valence-electron chi connectivity index (χ0n) is 12.1. The molecule has 18 heavy (non-hydrogen) atoms. The van der Waals surface area contributed by atoms with Crippen molar-refractivity contribution in [1.82, 2.24) is 0 Å². The van der Waals surface area contributed by atoms with Crippen molar-refractivity contribution in [2.75, 3.05) is 12.8 Å². The Hall–Kier alpha value is -0.0700. The van der Waals surface area contributed by atoms with E-state index in [2.05, 4.69) is 6.92 Å². The Labute approximate surface area is 113 Å². The quantitative estimate of drug-likeness (QED) is 0.375. The summed E-state index contributed by atoms with van der Waals surface area (Å²) in [7, 11) is -2.36. The van der Waals surface area contributed by atoms with Crippen LogP contribution >= 0.6 is 7.37 Å². The van der Waals surface area contributed by atoms with E-state index in [4.69, 9.17) is 4.52 Å². The summed E-state index contributed by atoms with van der Waals surface area (Å²) in [5.41, 5.74) is 1.23. The monoisotopic (exact) mass is 272 g/mol. The normalized spacial score (nSPS) is 23.3. The van der Waals surface area contributed by atoms with E-state index in [1.165, 1.54) is 50.5 Å². The molecule has 1 aliphatic rings. The van der Waals surface area contributed by atoms with Gasteiger partial charge in [0.05, 0.1) is 6.61 Å². The summed E-state index contributed by atoms with van der Waals surface area (Å²) in [5.74, 6) is 1.87. The number of allylic oxidation sites excluding steroid dienone is 1. The van der Waals surface area contributed by atoms with Gasteiger partial charge in [-0.3, -0.25) is 4.57 Å². The Morgan fingerprint density at radius 2 is 1.72 bits per heavy atom. The van der Waals surface area contributed by atoms with Gasteiger partial charge in [0.25, 0.3) is 0 Å². The molecular weight excluding hydrogens is 243 g/mol. The Kier molecular flexibility index (Phi) is 7.93. The molecule has 0 spiro atoms. The van der Waals surface area contributed by atoms with Gasteiger partial charge in [-0.2, -0.15) is 0 Å². The molecule has 0 N–H and O–H groups in total. The van der Waals surface area contributed by atoms with E-state index in [9.17, 15) is 4.57 Å². The maximum absolute atomic E-state index is 12.1. The first-order chi connectivity index (χ1) is 8.66. The molecule has 0 fully saturated rings. The molecule has 1 rings (SSSR count). The molecule has 0 bridgehead atoms. The van der Waals surface area contributed by atoms with Gasteiger partial charge in [-0.05, 0) is 25.6 Å². The number of hydrogen-bond acceptors (Lipinski definition) is 2. The second-order valence-electron chi connectivity index (χ2n) is 5.48. The van der Waals surface area contributed by atoms with Crippen molar-refractivity contribution in [3.05, 3.63) is 11.4 Å². The molecule has 0 amide bonds. The van der Waals surface area contributed by atoms with Crippen LogP contribution in [0.2, 0.25) is 0 Å². The Balaban J connectivity index is 1.92. The topological polar surface area (TPSA) is 26.3 Å². The van der Waals surface area contributed by atoms with Crippen LogP contribution in [0.15, 0.2) is 11.4 Å². The summed E-state index contributed by atoms with van der Waals surface area (Å²) in [5, 5.41) is 0. The zero-order valence-corrected chi connectivity index (χ0v) is 13.0. The van der Waals surface area contributed by atoms with E-state index < -0.39 is 7.37 Å². The predicted molar refractivity (Wildman–Crippen MR) is 79.4 cm³/mol. The number of rotatable bonds is 10. The van der Waals surface area contributed by atoms with Crippen LogP contribution in [-0.2, 0) is 9.09 Å². The lowest BCUT2D eigenvalue weighted by atomic mass is 10.1. The Morgan fingerprint density at radius 1 is 1.11 bits per heavy atom. The molecule has 1 heterocycles. The summed E-state index contributed by atoms with van der Waals surface area (Å²) in [4.78, 5) is 0. The largest absolute Gasteiger partial charge is 0.326 e. The Morgan fingerprint density at radius 3 is 2.28 bits per heavy atom. The minimum absolute atomic E-state index is 0.677. The standard InChI is InChI=1S/C15H29O2P/c1-3-4-5-6-7-8-9-10-12-17-18(16)13-11-15(2)14-18/h14H,3-13H2,1-2H3. The van der Waals surface area contributed by atoms with Gasteiger partial charge in [0, 0.05) is 6.16 Å². The highest BCUT2D eigenvalue weighted by Gasteiger charge is 2.25. The molecule has 106 valence electrons. The molecule has 0 saturated carbocycles. The van der Waals surface area contributed by atoms with Gasteiger partial charge in [0.1, 0.15) is 0 Å². The predicted octanol–water partition coefficient (Wildman–Crippen LogP) is 5.73. The van der Waals surface area contributed by atoms with Crippen molar-refractivity contribution in [2.24, 2.45) is 0 Å². The van der Waals surface area contributed by atoms with Gasteiger partial charge in [-0.1, -0.05) is 57.4 Å². The van der Waals surface area contributed by atoms with Gasteiger partial charge < -0.3 is 4.52 Å². The number of hydrogen-bond donors (Lipinski definition) is 0. The molecule has 0 aliphatic carbocycles. The van der Waals surface area contributed by atoms with Gasteiger partial charge in [0.2, 0.25) is 7.37 Å². The van der Waals surface area contributed by atoms with E-state index in [0.717, 1.165) is 19.0 Å². The zero-order chi connectivity index (χ0) is 13.3. The molecule has 0 aromatic rings. The van der Waals surface area contributed by atoms with Crippen LogP contribution in [-0.4, -0.2) is 12.8 Å². The third-order valence-corrected chi connectivity index (χ3v) is 5.84. The molecular formula is C15H29O2P. The summed E-state index contributed by atoms with van der Waals surface area (Å²) < 4.78 is 17.7. The highest BCUT2D eigenvalue weighted by atomic mass is 31.2. The van der Waals surface area contributed by atoms with Crippen molar-refractivity contribution >= 4 is 7.37 Å². The maximum Gasteiger partial charge on any atom is 0.225 e. The van der Waals surface area contributed by atoms with E-state index in [-0.39, 0.29) is 0 Å². The fourth-order valence-electron chi connectivity index (χ4n) is 2.35. The van der Waals surface area contributed by atoms with Crippen LogP contribution in [0.3, 0.4) is 0 Å². The Bertz CT molecular complexity index is 297. The lowest BCUT2D eigenvalue weighted by molar-refractivity contribution is 0.308. The minimum atomic E-state index is -2.36. The van der Waals surface area contributed by atoms with Gasteiger partial charge >= 0.3 is 0 Å². The second kappa shape index (κ2) is 8.93. The summed E-state index contributed by atoms with van der Waals surface area (Å²) in [6.45, 7) is 4.97. The summed E-state index contributed by atoms with van der Waals surface area (Å²) in [6.07, 6.45) is 12.0. The first-order valence-electron chi connectivity index (χ1n) is 7.58. The molecule has 1 aliphatic heterocycles. The van der Waals surface area contributed by atoms with Crippen LogP contribution in [0.4, 0.5) is 0 Å². The highest BCUT2D eigenvalue weighted by Crippen LogP contribution is 2.55. The highest BCUT2D eigenvalue weighted by molar-refractivity contribution is 7.62. The fraction of sp³-hybridized carbons (Fsp3) is 0.867. The van der Waals surface area contributed by atoms with E-state index in [0.29, 0.717) is 6.61 Å². The summed E-state index contributed by atoms with van der Waals surface area (Å²) >= 11 is 0. The van der Waals surface area contributed by atoms with Crippen LogP contribution in [0, 0.1) is 0 Å². The molecule has 3 heteroatoms. The lowest BCUT2D eigenvalue weighted by Gasteiger charge is -2.10. The molecule has 1 atom stereocenters. The van der Waals surface area contributed by atoms with E-state index in [1.807, 2.05) is 12.7 Å². The van der Waals surface area contributed by atoms with Crippen molar-refractivity contribution in [2.45, 2.75) is 71.6 Å². The molecule has 0 aromatic carbocycles. The van der Waals surface area contributed by atoms with Crippen LogP contribution in [0.1, 0.15) is 71.6 Å². The lowest BCUT2D eigenvalue weighted by Crippen LogP contribution is -1.93. The fourth-order valence-corrected chi connectivity index (χ4v) is 4.59. The third-order valence-electron chi connectivity index (χ3n) is 3.54. The third kappa shape index (κ3) is 6.75. The van der Waals surface area contributed by atoms with Gasteiger partial charge in [-0.15, -0.1) is 0 Å². The molecule has 0 aromatic heterocycles. The smallest absolute Gasteiger partial charge is 0.225 e. The molecule has 0 radical (unpaired) electrons. The van der Waals surface area contributed by atoms with Crippen LogP contribution in [0.25, 0.3) is 0 Å². The SMILES string of the molecule is CCCCCCCCCCOP1(=O)C=C(C)CC1. The van der Waals surface area contributed by atoms with Crippen LogP contribution < -0.4 is 0 Å². The molecule has 0 saturated heterocycles. The van der Waals surface area contributed by atoms with Crippen molar-refractivity contribution in [3.8, 4) is 0 Å². The van der Waals surface area contributed by atoms with Crippen molar-refractivity contribution in [3.63, 3.8) is 0 Å². The first-order valence-corrected chi connectivity index (χ1v) is 9.46. The van der Waals surface area contributed by atoms with Gasteiger partial charge in [0.15, 0.2) is 0 Å². The second-order valence-corrected chi connectivity index (χ2v) is 7.90. The first kappa shape index (κ1) is 16.0. The molecule has 1 unspecified atom stereocenters. The molecule has 2 nitrogen and oxygen atoms in total.